The number of benzene rings is 3. The third-order valence-corrected chi connectivity index (χ3v) is 11.6. The fourth-order valence-corrected chi connectivity index (χ4v) is 8.91. The number of rotatable bonds is 4. The van der Waals surface area contributed by atoms with E-state index in [1.807, 2.05) is 30.6 Å². The van der Waals surface area contributed by atoms with Crippen LogP contribution in [0.5, 0.6) is 0 Å². The molecule has 3 fully saturated rings. The van der Waals surface area contributed by atoms with E-state index in [0.717, 1.165) is 69.1 Å². The van der Waals surface area contributed by atoms with Crippen LogP contribution in [0.25, 0.3) is 37.6 Å². The van der Waals surface area contributed by atoms with Crippen LogP contribution in [0.2, 0.25) is 0 Å². The summed E-state index contributed by atoms with van der Waals surface area (Å²) in [5.41, 5.74) is 10.9. The summed E-state index contributed by atoms with van der Waals surface area (Å²) >= 11 is 0. The summed E-state index contributed by atoms with van der Waals surface area (Å²) in [6.45, 7) is 20.4. The second kappa shape index (κ2) is 14.9. The molecule has 0 amide bonds. The van der Waals surface area contributed by atoms with Crippen molar-refractivity contribution in [3.63, 3.8) is 0 Å². The van der Waals surface area contributed by atoms with Gasteiger partial charge in [-0.2, -0.15) is 0 Å². The molecule has 1 N–H and O–H groups in total. The molecule has 8 nitrogen and oxygen atoms in total. The number of hydrogen-bond donors (Lipinski definition) is 1. The maximum atomic E-state index is 7.41. The second-order valence-electron chi connectivity index (χ2n) is 15.0. The minimum atomic E-state index is 0.599. The Labute approximate surface area is 307 Å². The summed E-state index contributed by atoms with van der Waals surface area (Å²) in [6.07, 6.45) is 11.1. The van der Waals surface area contributed by atoms with Gasteiger partial charge in [0.1, 0.15) is 0 Å². The summed E-state index contributed by atoms with van der Waals surface area (Å²) in [6, 6.07) is 24.2. The van der Waals surface area contributed by atoms with Crippen molar-refractivity contribution in [2.75, 3.05) is 62.2 Å². The van der Waals surface area contributed by atoms with Crippen molar-refractivity contribution in [2.45, 2.75) is 51.5 Å². The molecule has 1 aliphatic carbocycles. The third kappa shape index (κ3) is 6.96. The fourth-order valence-electron chi connectivity index (χ4n) is 8.91. The average Bonchev–Trinajstić information content (AvgIpc) is 3.53. The van der Waals surface area contributed by atoms with Gasteiger partial charge in [0, 0.05) is 100 Å². The minimum Gasteiger partial charge on any atom is -0.367 e. The minimum absolute atomic E-state index is 0.599. The van der Waals surface area contributed by atoms with Gasteiger partial charge in [0.25, 0.3) is 0 Å². The van der Waals surface area contributed by atoms with E-state index in [9.17, 15) is 0 Å². The van der Waals surface area contributed by atoms with E-state index in [-0.39, 0.29) is 0 Å². The molecular weight excluding hydrogens is 641 g/mol. The first-order valence-electron chi connectivity index (χ1n) is 19.1. The van der Waals surface area contributed by atoms with Crippen molar-refractivity contribution in [3.05, 3.63) is 113 Å². The Morgan fingerprint density at radius 2 is 1.31 bits per heavy atom. The molecule has 3 aromatic carbocycles. The van der Waals surface area contributed by atoms with Gasteiger partial charge in [0.2, 0.25) is 0 Å². The summed E-state index contributed by atoms with van der Waals surface area (Å²) in [5, 5.41) is 7.13. The Balaban J connectivity index is 0.000000190. The average molecular weight is 691 g/mol. The number of anilines is 2. The van der Waals surface area contributed by atoms with E-state index in [4.69, 9.17) is 11.6 Å². The van der Waals surface area contributed by atoms with Gasteiger partial charge >= 0.3 is 0 Å². The van der Waals surface area contributed by atoms with Gasteiger partial charge in [-0.25, -0.2) is 4.85 Å². The number of hydrogen-bond acceptors (Lipinski definition) is 6. The number of nitrogens with one attached hydrogen (secondary N) is 1. The zero-order valence-electron chi connectivity index (χ0n) is 30.9. The molecule has 1 saturated carbocycles. The molecule has 3 aliphatic rings. The highest BCUT2D eigenvalue weighted by Gasteiger charge is 2.30. The van der Waals surface area contributed by atoms with E-state index < -0.39 is 0 Å². The monoisotopic (exact) mass is 690 g/mol. The van der Waals surface area contributed by atoms with Gasteiger partial charge in [-0.3, -0.25) is 14.9 Å². The van der Waals surface area contributed by atoms with Gasteiger partial charge in [-0.15, -0.1) is 0 Å². The molecule has 8 heteroatoms. The molecule has 6 aromatic rings. The lowest BCUT2D eigenvalue weighted by molar-refractivity contribution is 0.141. The molecule has 266 valence electrons. The molecule has 3 aromatic heterocycles. The van der Waals surface area contributed by atoms with Crippen molar-refractivity contribution in [1.29, 1.82) is 0 Å². The number of aromatic nitrogens is 3. The van der Waals surface area contributed by atoms with Crippen LogP contribution in [-0.2, 0) is 7.05 Å². The molecule has 9 rings (SSSR count). The van der Waals surface area contributed by atoms with Crippen LogP contribution in [0.4, 0.5) is 17.1 Å². The van der Waals surface area contributed by atoms with Crippen LogP contribution in [0.15, 0.2) is 85.3 Å². The van der Waals surface area contributed by atoms with E-state index in [2.05, 4.69) is 110 Å². The van der Waals surface area contributed by atoms with Crippen LogP contribution < -0.4 is 15.1 Å². The van der Waals surface area contributed by atoms with Crippen molar-refractivity contribution >= 4 is 49.8 Å². The van der Waals surface area contributed by atoms with Gasteiger partial charge < -0.3 is 19.7 Å². The second-order valence-corrected chi connectivity index (χ2v) is 15.0. The first-order valence-corrected chi connectivity index (χ1v) is 19.1. The predicted octanol–water partition coefficient (Wildman–Crippen LogP) is 8.39. The summed E-state index contributed by atoms with van der Waals surface area (Å²) in [4.78, 5) is 20.6. The number of nitrogens with zero attached hydrogens (tertiary/aromatic N) is 7. The number of pyridine rings is 2. The molecular formula is C44H50N8. The lowest BCUT2D eigenvalue weighted by Crippen LogP contribution is -2.51. The maximum Gasteiger partial charge on any atom is 0.187 e. The Kier molecular flexibility index (Phi) is 9.81. The molecule has 2 aliphatic heterocycles. The summed E-state index contributed by atoms with van der Waals surface area (Å²) in [5.74, 6) is 0.599. The van der Waals surface area contributed by atoms with Crippen molar-refractivity contribution in [1.82, 2.24) is 24.8 Å². The van der Waals surface area contributed by atoms with Gasteiger partial charge in [-0.1, -0.05) is 18.2 Å². The molecule has 52 heavy (non-hydrogen) atoms. The highest BCUT2D eigenvalue weighted by Crippen LogP contribution is 2.40. The van der Waals surface area contributed by atoms with Crippen molar-refractivity contribution < 1.29 is 0 Å². The number of fused-ring (bicyclic) bond motifs is 3. The number of aryl methyl sites for hydroxylation is 3. The molecule has 0 atom stereocenters. The smallest absolute Gasteiger partial charge is 0.187 e. The Morgan fingerprint density at radius 1 is 0.712 bits per heavy atom. The number of piperazine rings is 2. The Hall–Kier alpha value is -4.97. The predicted molar refractivity (Wildman–Crippen MR) is 216 cm³/mol. The Morgan fingerprint density at radius 3 is 1.90 bits per heavy atom. The van der Waals surface area contributed by atoms with Gasteiger partial charge in [0.15, 0.2) is 5.69 Å². The lowest BCUT2D eigenvalue weighted by atomic mass is 9.81. The van der Waals surface area contributed by atoms with Crippen molar-refractivity contribution in [2.24, 2.45) is 7.05 Å². The van der Waals surface area contributed by atoms with Crippen LogP contribution in [-0.4, -0.2) is 77.8 Å². The highest BCUT2D eigenvalue weighted by atomic mass is 15.3. The summed E-state index contributed by atoms with van der Waals surface area (Å²) < 4.78 is 2.23. The van der Waals surface area contributed by atoms with E-state index in [0.29, 0.717) is 12.0 Å². The van der Waals surface area contributed by atoms with Gasteiger partial charge in [-0.05, 0) is 116 Å². The standard InChI is InChI=1S/C30H33N5.C14H17N3/c1-21-17-23-5-4-12-32-30(23)29(18-21)35-15-13-34(14-16-35)25-9-6-22(7-10-25)27-20-33(3)28-11-8-24(31-2)19-26(27)28;1-11-9-12-3-2-4-16-14(12)13(10-11)17-7-5-15-6-8-17/h4-5,8,11-12,17-20,22,25H,6-7,9-10,13-16H2,1,3H3;2-4,9-10,15H,5-8H2,1H3. The molecule has 0 radical (unpaired) electrons. The zero-order chi connectivity index (χ0) is 35.6. The molecule has 5 heterocycles. The van der Waals surface area contributed by atoms with E-state index in [1.54, 1.807) is 0 Å². The highest BCUT2D eigenvalue weighted by molar-refractivity contribution is 5.92. The quantitative estimate of drug-likeness (QED) is 0.188. The van der Waals surface area contributed by atoms with Crippen LogP contribution in [0.1, 0.15) is 48.3 Å². The van der Waals surface area contributed by atoms with Crippen LogP contribution in [0, 0.1) is 20.4 Å². The molecule has 0 unspecified atom stereocenters. The van der Waals surface area contributed by atoms with Crippen LogP contribution in [0.3, 0.4) is 0 Å². The largest absolute Gasteiger partial charge is 0.367 e. The first-order chi connectivity index (χ1) is 25.4. The molecule has 0 bridgehead atoms. The lowest BCUT2D eigenvalue weighted by Gasteiger charge is -2.43. The molecule has 2 saturated heterocycles. The Bertz CT molecular complexity index is 2230. The molecule has 0 spiro atoms. The normalized spacial score (nSPS) is 19.8. The fraction of sp³-hybridized carbons (Fsp3) is 0.386. The van der Waals surface area contributed by atoms with Crippen molar-refractivity contribution in [3.8, 4) is 0 Å². The topological polar surface area (TPSA) is 56.8 Å². The van der Waals surface area contributed by atoms with E-state index >= 15 is 0 Å². The maximum absolute atomic E-state index is 7.41. The third-order valence-electron chi connectivity index (χ3n) is 11.6. The SMILES string of the molecule is Cc1cc(N2CCNCC2)c2ncccc2c1.[C-]#[N+]c1ccc2c(c1)c(C1CCC(N3CCN(c4cc(C)cc5cccnc45)CC3)CC1)cn2C. The first kappa shape index (κ1) is 34.1. The van der Waals surface area contributed by atoms with Crippen LogP contribution >= 0.6 is 0 Å². The summed E-state index contributed by atoms with van der Waals surface area (Å²) in [7, 11) is 2.13. The van der Waals surface area contributed by atoms with E-state index in [1.165, 1.54) is 75.4 Å². The zero-order valence-corrected chi connectivity index (χ0v) is 30.9. The van der Waals surface area contributed by atoms with Gasteiger partial charge in [0.05, 0.1) is 29.0 Å².